The van der Waals surface area contributed by atoms with Crippen molar-refractivity contribution in [3.8, 4) is 5.69 Å². The number of aromatic nitrogens is 3. The third-order valence-corrected chi connectivity index (χ3v) is 3.73. The summed E-state index contributed by atoms with van der Waals surface area (Å²) in [5, 5.41) is 10.6. The quantitative estimate of drug-likeness (QED) is 0.794. The van der Waals surface area contributed by atoms with Crippen molar-refractivity contribution in [2.75, 3.05) is 17.3 Å². The van der Waals surface area contributed by atoms with Gasteiger partial charge in [-0.15, -0.1) is 5.10 Å². The van der Waals surface area contributed by atoms with Crippen LogP contribution in [0.25, 0.3) is 5.69 Å². The van der Waals surface area contributed by atoms with E-state index in [-0.39, 0.29) is 17.5 Å². The fourth-order valence-corrected chi connectivity index (χ4v) is 2.22. The average molecular weight is 335 g/mol. The van der Waals surface area contributed by atoms with Gasteiger partial charge in [0, 0.05) is 25.3 Å². The van der Waals surface area contributed by atoms with Gasteiger partial charge in [0.05, 0.1) is 11.9 Å². The monoisotopic (exact) mass is 335 g/mol. The van der Waals surface area contributed by atoms with Crippen molar-refractivity contribution in [3.05, 3.63) is 66.5 Å². The Morgan fingerprint density at radius 1 is 1.04 bits per heavy atom. The molecule has 1 N–H and O–H groups in total. The molecule has 126 valence electrons. The van der Waals surface area contributed by atoms with Crippen molar-refractivity contribution in [1.82, 2.24) is 15.0 Å². The van der Waals surface area contributed by atoms with Crippen molar-refractivity contribution in [2.24, 2.45) is 0 Å². The van der Waals surface area contributed by atoms with Crippen LogP contribution in [0.5, 0.6) is 0 Å². The predicted molar refractivity (Wildman–Crippen MR) is 94.8 cm³/mol. The molecule has 0 saturated carbocycles. The van der Waals surface area contributed by atoms with Gasteiger partial charge < -0.3 is 10.2 Å². The first-order chi connectivity index (χ1) is 12.0. The van der Waals surface area contributed by atoms with E-state index in [1.807, 2.05) is 30.3 Å². The van der Waals surface area contributed by atoms with Gasteiger partial charge in [0.1, 0.15) is 0 Å². The molecular formula is C18H17N5O2. The van der Waals surface area contributed by atoms with E-state index < -0.39 is 0 Å². The van der Waals surface area contributed by atoms with E-state index in [0.29, 0.717) is 5.69 Å². The number of carbonyl (C=O) groups excluding carboxylic acids is 2. The highest BCUT2D eigenvalue weighted by Gasteiger charge is 2.12. The Bertz CT molecular complexity index is 887. The zero-order chi connectivity index (χ0) is 17.8. The van der Waals surface area contributed by atoms with E-state index in [1.54, 1.807) is 42.2 Å². The smallest absolute Gasteiger partial charge is 0.277 e. The Hall–Kier alpha value is -3.48. The highest BCUT2D eigenvalue weighted by Crippen LogP contribution is 2.17. The first kappa shape index (κ1) is 16.4. The first-order valence-electron chi connectivity index (χ1n) is 7.68. The number of hydrogen-bond donors (Lipinski definition) is 1. The van der Waals surface area contributed by atoms with Crippen LogP contribution in [0.1, 0.15) is 17.4 Å². The number of nitrogens with one attached hydrogen (secondary N) is 1. The topological polar surface area (TPSA) is 80.1 Å². The zero-order valence-corrected chi connectivity index (χ0v) is 13.9. The van der Waals surface area contributed by atoms with Crippen LogP contribution in [-0.4, -0.2) is 33.9 Å². The summed E-state index contributed by atoms with van der Waals surface area (Å²) in [5.74, 6) is -0.413. The molecule has 0 aliphatic rings. The molecule has 2 aromatic carbocycles. The molecule has 0 fully saturated rings. The van der Waals surface area contributed by atoms with Crippen molar-refractivity contribution in [2.45, 2.75) is 6.92 Å². The molecule has 0 bridgehead atoms. The molecule has 1 aromatic heterocycles. The summed E-state index contributed by atoms with van der Waals surface area (Å²) in [6, 6.07) is 16.4. The molecule has 0 radical (unpaired) electrons. The molecule has 7 nitrogen and oxygen atoms in total. The maximum atomic E-state index is 12.3. The van der Waals surface area contributed by atoms with Gasteiger partial charge >= 0.3 is 0 Å². The molecule has 7 heteroatoms. The molecule has 0 unspecified atom stereocenters. The molecular weight excluding hydrogens is 318 g/mol. The van der Waals surface area contributed by atoms with Gasteiger partial charge in [0.25, 0.3) is 5.91 Å². The fraction of sp³-hybridized carbons (Fsp3) is 0.111. The van der Waals surface area contributed by atoms with Crippen LogP contribution in [0.2, 0.25) is 0 Å². The number of hydrogen-bond acceptors (Lipinski definition) is 4. The predicted octanol–water partition coefficient (Wildman–Crippen LogP) is 2.50. The second kappa shape index (κ2) is 6.96. The minimum atomic E-state index is -0.352. The molecule has 0 spiro atoms. The van der Waals surface area contributed by atoms with Crippen LogP contribution in [0.15, 0.2) is 60.8 Å². The molecule has 3 aromatic rings. The lowest BCUT2D eigenvalue weighted by Crippen LogP contribution is -2.22. The fourth-order valence-electron chi connectivity index (χ4n) is 2.22. The summed E-state index contributed by atoms with van der Waals surface area (Å²) in [5.41, 5.74) is 2.40. The third-order valence-electron chi connectivity index (χ3n) is 3.73. The SMILES string of the molecule is CC(=O)N(C)c1ccc(NC(=O)c2cn(-c3ccccc3)nn2)cc1. The minimum Gasteiger partial charge on any atom is -0.321 e. The summed E-state index contributed by atoms with van der Waals surface area (Å²) in [6.45, 7) is 1.49. The van der Waals surface area contributed by atoms with Crippen molar-refractivity contribution < 1.29 is 9.59 Å². The van der Waals surface area contributed by atoms with Gasteiger partial charge in [-0.05, 0) is 36.4 Å². The van der Waals surface area contributed by atoms with Gasteiger partial charge in [0.15, 0.2) is 5.69 Å². The summed E-state index contributed by atoms with van der Waals surface area (Å²) in [4.78, 5) is 25.2. The zero-order valence-electron chi connectivity index (χ0n) is 13.9. The van der Waals surface area contributed by atoms with E-state index in [4.69, 9.17) is 0 Å². The second-order valence-corrected chi connectivity index (χ2v) is 5.46. The first-order valence-corrected chi connectivity index (χ1v) is 7.68. The third kappa shape index (κ3) is 3.72. The van der Waals surface area contributed by atoms with E-state index in [9.17, 15) is 9.59 Å². The van der Waals surface area contributed by atoms with Gasteiger partial charge in [-0.3, -0.25) is 9.59 Å². The lowest BCUT2D eigenvalue weighted by atomic mass is 10.2. The van der Waals surface area contributed by atoms with Gasteiger partial charge in [-0.1, -0.05) is 23.4 Å². The molecule has 0 atom stereocenters. The minimum absolute atomic E-state index is 0.0608. The Balaban J connectivity index is 1.70. The van der Waals surface area contributed by atoms with E-state index in [2.05, 4.69) is 15.6 Å². The average Bonchev–Trinajstić information content (AvgIpc) is 3.13. The van der Waals surface area contributed by atoms with Gasteiger partial charge in [-0.25, -0.2) is 4.68 Å². The maximum Gasteiger partial charge on any atom is 0.277 e. The number of rotatable bonds is 4. The van der Waals surface area contributed by atoms with Crippen LogP contribution in [0.4, 0.5) is 11.4 Å². The molecule has 2 amide bonds. The molecule has 0 aliphatic heterocycles. The number of carbonyl (C=O) groups is 2. The van der Waals surface area contributed by atoms with Crippen molar-refractivity contribution in [3.63, 3.8) is 0 Å². The van der Waals surface area contributed by atoms with E-state index in [1.165, 1.54) is 11.8 Å². The van der Waals surface area contributed by atoms with Crippen LogP contribution in [-0.2, 0) is 4.79 Å². The molecule has 3 rings (SSSR count). The number of para-hydroxylation sites is 1. The summed E-state index contributed by atoms with van der Waals surface area (Å²) in [7, 11) is 1.69. The summed E-state index contributed by atoms with van der Waals surface area (Å²) in [6.07, 6.45) is 1.57. The Morgan fingerprint density at radius 2 is 1.72 bits per heavy atom. The Kier molecular flexibility index (Phi) is 4.56. The highest BCUT2D eigenvalue weighted by molar-refractivity contribution is 6.02. The summed E-state index contributed by atoms with van der Waals surface area (Å²) < 4.78 is 1.54. The maximum absolute atomic E-state index is 12.3. The van der Waals surface area contributed by atoms with Crippen molar-refractivity contribution in [1.29, 1.82) is 0 Å². The Morgan fingerprint density at radius 3 is 2.36 bits per heavy atom. The molecule has 0 aliphatic carbocycles. The van der Waals surface area contributed by atoms with E-state index in [0.717, 1.165) is 11.4 Å². The normalized spacial score (nSPS) is 10.3. The highest BCUT2D eigenvalue weighted by atomic mass is 16.2. The van der Waals surface area contributed by atoms with Crippen LogP contribution >= 0.6 is 0 Å². The second-order valence-electron chi connectivity index (χ2n) is 5.46. The lowest BCUT2D eigenvalue weighted by Gasteiger charge is -2.15. The number of nitrogens with zero attached hydrogens (tertiary/aromatic N) is 4. The lowest BCUT2D eigenvalue weighted by molar-refractivity contribution is -0.116. The van der Waals surface area contributed by atoms with Gasteiger partial charge in [-0.2, -0.15) is 0 Å². The molecule has 25 heavy (non-hydrogen) atoms. The number of benzene rings is 2. The molecule has 0 saturated heterocycles. The Labute approximate surface area is 144 Å². The standard InChI is InChI=1S/C18H17N5O2/c1-13(24)22(2)15-10-8-14(9-11-15)19-18(25)17-12-23(21-20-17)16-6-4-3-5-7-16/h3-12H,1-2H3,(H,19,25). The van der Waals surface area contributed by atoms with Crippen LogP contribution in [0, 0.1) is 0 Å². The van der Waals surface area contributed by atoms with Crippen LogP contribution in [0.3, 0.4) is 0 Å². The van der Waals surface area contributed by atoms with Crippen molar-refractivity contribution >= 4 is 23.2 Å². The van der Waals surface area contributed by atoms with Crippen LogP contribution < -0.4 is 10.2 Å². The number of anilines is 2. The summed E-state index contributed by atoms with van der Waals surface area (Å²) >= 11 is 0. The van der Waals surface area contributed by atoms with Gasteiger partial charge in [0.2, 0.25) is 5.91 Å². The largest absolute Gasteiger partial charge is 0.321 e. The molecule has 1 heterocycles. The number of amides is 2. The van der Waals surface area contributed by atoms with E-state index >= 15 is 0 Å².